The van der Waals surface area contributed by atoms with Crippen molar-refractivity contribution in [2.75, 3.05) is 5.73 Å². The lowest BCUT2D eigenvalue weighted by molar-refractivity contribution is 0.0690. The Morgan fingerprint density at radius 2 is 2.00 bits per heavy atom. The highest BCUT2D eigenvalue weighted by Crippen LogP contribution is 2.32. The van der Waals surface area contributed by atoms with E-state index >= 15 is 0 Å². The van der Waals surface area contributed by atoms with E-state index in [-0.39, 0.29) is 5.69 Å². The SMILES string of the molecule is Cn1nc(C(=O)O)c(-c2ccc3c(c2)CCCC3)c1N. The second-order valence-electron chi connectivity index (χ2n) is 5.23. The van der Waals surface area contributed by atoms with Crippen molar-refractivity contribution in [2.45, 2.75) is 25.7 Å². The van der Waals surface area contributed by atoms with Gasteiger partial charge in [0.25, 0.3) is 0 Å². The predicted octanol–water partition coefficient (Wildman–Crippen LogP) is 2.25. The monoisotopic (exact) mass is 271 g/mol. The molecule has 1 aliphatic rings. The van der Waals surface area contributed by atoms with Crippen molar-refractivity contribution >= 4 is 11.8 Å². The Bertz CT molecular complexity index is 689. The second-order valence-corrected chi connectivity index (χ2v) is 5.23. The van der Waals surface area contributed by atoms with Gasteiger partial charge in [-0.1, -0.05) is 18.2 Å². The van der Waals surface area contributed by atoms with Crippen LogP contribution in [0.1, 0.15) is 34.5 Å². The van der Waals surface area contributed by atoms with Gasteiger partial charge < -0.3 is 10.8 Å². The van der Waals surface area contributed by atoms with E-state index in [1.165, 1.54) is 28.7 Å². The third kappa shape index (κ3) is 1.95. The molecule has 0 amide bonds. The maximum absolute atomic E-state index is 11.3. The van der Waals surface area contributed by atoms with Crippen LogP contribution in [0.3, 0.4) is 0 Å². The van der Waals surface area contributed by atoms with Gasteiger partial charge in [0.1, 0.15) is 5.82 Å². The van der Waals surface area contributed by atoms with Crippen molar-refractivity contribution in [1.82, 2.24) is 9.78 Å². The van der Waals surface area contributed by atoms with Gasteiger partial charge in [-0.05, 0) is 42.4 Å². The minimum atomic E-state index is -1.05. The summed E-state index contributed by atoms with van der Waals surface area (Å²) in [5.41, 5.74) is 10.0. The first kappa shape index (κ1) is 12.7. The summed E-state index contributed by atoms with van der Waals surface area (Å²) in [5.74, 6) is -0.664. The smallest absolute Gasteiger partial charge is 0.357 e. The molecule has 1 heterocycles. The number of fused-ring (bicyclic) bond motifs is 1. The van der Waals surface area contributed by atoms with Crippen LogP contribution in [0.4, 0.5) is 5.82 Å². The van der Waals surface area contributed by atoms with Crippen molar-refractivity contribution in [3.63, 3.8) is 0 Å². The van der Waals surface area contributed by atoms with Crippen LogP contribution in [0, 0.1) is 0 Å². The summed E-state index contributed by atoms with van der Waals surface area (Å²) < 4.78 is 1.41. The van der Waals surface area contributed by atoms with Crippen molar-refractivity contribution in [3.8, 4) is 11.1 Å². The van der Waals surface area contributed by atoms with Crippen LogP contribution in [-0.4, -0.2) is 20.9 Å². The summed E-state index contributed by atoms with van der Waals surface area (Å²) >= 11 is 0. The molecule has 3 rings (SSSR count). The Labute approximate surface area is 117 Å². The van der Waals surface area contributed by atoms with E-state index in [1.807, 2.05) is 6.07 Å². The fourth-order valence-corrected chi connectivity index (χ4v) is 2.86. The molecule has 5 nitrogen and oxygen atoms in total. The van der Waals surface area contributed by atoms with Crippen molar-refractivity contribution in [1.29, 1.82) is 0 Å². The Morgan fingerprint density at radius 3 is 2.70 bits per heavy atom. The minimum absolute atomic E-state index is 0.0146. The lowest BCUT2D eigenvalue weighted by Crippen LogP contribution is -2.04. The van der Waals surface area contributed by atoms with Crippen molar-refractivity contribution < 1.29 is 9.90 Å². The topological polar surface area (TPSA) is 81.1 Å². The Kier molecular flexibility index (Phi) is 2.97. The van der Waals surface area contributed by atoms with E-state index in [0.29, 0.717) is 11.4 Å². The average Bonchev–Trinajstić information content (AvgIpc) is 2.75. The van der Waals surface area contributed by atoms with Gasteiger partial charge >= 0.3 is 5.97 Å². The lowest BCUT2D eigenvalue weighted by Gasteiger charge is -2.16. The summed E-state index contributed by atoms with van der Waals surface area (Å²) in [7, 11) is 1.66. The molecule has 1 aliphatic carbocycles. The van der Waals surface area contributed by atoms with Gasteiger partial charge in [-0.2, -0.15) is 5.10 Å². The molecular formula is C15H17N3O2. The van der Waals surface area contributed by atoms with Crippen LogP contribution in [-0.2, 0) is 19.9 Å². The molecule has 0 bridgehead atoms. The zero-order chi connectivity index (χ0) is 14.3. The van der Waals surface area contributed by atoms with Crippen LogP contribution in [0.15, 0.2) is 18.2 Å². The minimum Gasteiger partial charge on any atom is -0.476 e. The van der Waals surface area contributed by atoms with E-state index in [4.69, 9.17) is 5.73 Å². The molecule has 0 saturated heterocycles. The van der Waals surface area contributed by atoms with Crippen LogP contribution < -0.4 is 5.73 Å². The maximum Gasteiger partial charge on any atom is 0.357 e. The number of aromatic nitrogens is 2. The zero-order valence-corrected chi connectivity index (χ0v) is 11.4. The van der Waals surface area contributed by atoms with Crippen LogP contribution in [0.25, 0.3) is 11.1 Å². The highest BCUT2D eigenvalue weighted by molar-refractivity contribution is 5.97. The fourth-order valence-electron chi connectivity index (χ4n) is 2.86. The zero-order valence-electron chi connectivity index (χ0n) is 11.4. The molecule has 0 atom stereocenters. The molecule has 1 aromatic heterocycles. The Morgan fingerprint density at radius 1 is 1.30 bits per heavy atom. The highest BCUT2D eigenvalue weighted by atomic mass is 16.4. The summed E-state index contributed by atoms with van der Waals surface area (Å²) in [4.78, 5) is 11.3. The maximum atomic E-state index is 11.3. The van der Waals surface area contributed by atoms with Gasteiger partial charge in [0.05, 0.1) is 5.56 Å². The van der Waals surface area contributed by atoms with Gasteiger partial charge in [0, 0.05) is 7.05 Å². The molecule has 104 valence electrons. The quantitative estimate of drug-likeness (QED) is 0.877. The normalized spacial score (nSPS) is 14.1. The molecule has 3 N–H and O–H groups in total. The molecule has 0 spiro atoms. The second kappa shape index (κ2) is 4.67. The largest absolute Gasteiger partial charge is 0.476 e. The van der Waals surface area contributed by atoms with Crippen molar-refractivity contribution in [3.05, 3.63) is 35.0 Å². The van der Waals surface area contributed by atoms with Gasteiger partial charge in [-0.15, -0.1) is 0 Å². The summed E-state index contributed by atoms with van der Waals surface area (Å²) in [5, 5.41) is 13.3. The molecule has 5 heteroatoms. The predicted molar refractivity (Wildman–Crippen MR) is 76.7 cm³/mol. The van der Waals surface area contributed by atoms with Crippen LogP contribution in [0.5, 0.6) is 0 Å². The van der Waals surface area contributed by atoms with Gasteiger partial charge in [-0.25, -0.2) is 4.79 Å². The van der Waals surface area contributed by atoms with Crippen LogP contribution in [0.2, 0.25) is 0 Å². The first-order valence-corrected chi connectivity index (χ1v) is 6.76. The fraction of sp³-hybridized carbons (Fsp3) is 0.333. The Hall–Kier alpha value is -2.30. The summed E-state index contributed by atoms with van der Waals surface area (Å²) in [6.45, 7) is 0. The van der Waals surface area contributed by atoms with Crippen molar-refractivity contribution in [2.24, 2.45) is 7.05 Å². The molecule has 0 aliphatic heterocycles. The van der Waals surface area contributed by atoms with Gasteiger partial charge in [-0.3, -0.25) is 4.68 Å². The number of rotatable bonds is 2. The van der Waals surface area contributed by atoms with E-state index in [2.05, 4.69) is 17.2 Å². The molecular weight excluding hydrogens is 254 g/mol. The third-order valence-electron chi connectivity index (χ3n) is 3.93. The highest BCUT2D eigenvalue weighted by Gasteiger charge is 2.22. The molecule has 20 heavy (non-hydrogen) atoms. The summed E-state index contributed by atoms with van der Waals surface area (Å²) in [6, 6.07) is 6.10. The number of hydrogen-bond acceptors (Lipinski definition) is 3. The molecule has 2 aromatic rings. The number of aromatic carboxylic acids is 1. The first-order chi connectivity index (χ1) is 9.58. The van der Waals surface area contributed by atoms with Crippen LogP contribution >= 0.6 is 0 Å². The number of benzene rings is 1. The number of nitrogens with two attached hydrogens (primary N) is 1. The molecule has 0 fully saturated rings. The first-order valence-electron chi connectivity index (χ1n) is 6.76. The Balaban J connectivity index is 2.16. The number of anilines is 1. The number of aryl methyl sites for hydroxylation is 3. The lowest BCUT2D eigenvalue weighted by atomic mass is 9.89. The van der Waals surface area contributed by atoms with Gasteiger partial charge in [0.15, 0.2) is 5.69 Å². The number of carboxylic acid groups (broad SMARTS) is 1. The van der Waals surface area contributed by atoms with E-state index in [9.17, 15) is 9.90 Å². The van der Waals surface area contributed by atoms with E-state index in [0.717, 1.165) is 18.4 Å². The molecule has 0 unspecified atom stereocenters. The molecule has 0 saturated carbocycles. The standard InChI is InChI=1S/C15H17N3O2/c1-18-14(16)12(13(17-18)15(19)20)11-7-6-9-4-2-3-5-10(9)8-11/h6-8H,2-5,16H2,1H3,(H,19,20). The van der Waals surface area contributed by atoms with E-state index in [1.54, 1.807) is 7.05 Å². The number of carboxylic acids is 1. The number of carbonyl (C=O) groups is 1. The van der Waals surface area contributed by atoms with E-state index < -0.39 is 5.97 Å². The summed E-state index contributed by atoms with van der Waals surface area (Å²) in [6.07, 6.45) is 4.56. The number of nitrogen functional groups attached to an aromatic ring is 1. The molecule has 0 radical (unpaired) electrons. The molecule has 1 aromatic carbocycles. The number of nitrogens with zero attached hydrogens (tertiary/aromatic N) is 2. The average molecular weight is 271 g/mol. The number of hydrogen-bond donors (Lipinski definition) is 2. The third-order valence-corrected chi connectivity index (χ3v) is 3.93. The van der Waals surface area contributed by atoms with Gasteiger partial charge in [0.2, 0.25) is 0 Å².